The average Bonchev–Trinajstić information content (AvgIpc) is 2.89. The monoisotopic (exact) mass is 300 g/mol. The van der Waals surface area contributed by atoms with E-state index in [2.05, 4.69) is 50.8 Å². The third-order valence-corrected chi connectivity index (χ3v) is 5.38. The summed E-state index contributed by atoms with van der Waals surface area (Å²) in [7, 11) is 0. The predicted molar refractivity (Wildman–Crippen MR) is 97.2 cm³/mol. The van der Waals surface area contributed by atoms with E-state index in [4.69, 9.17) is 0 Å². The van der Waals surface area contributed by atoms with Gasteiger partial charge in [0.2, 0.25) is 0 Å². The molecule has 1 aromatic heterocycles. The second-order valence-corrected chi connectivity index (χ2v) is 7.24. The Bertz CT molecular complexity index is 523. The van der Waals surface area contributed by atoms with Gasteiger partial charge in [0.15, 0.2) is 0 Å². The summed E-state index contributed by atoms with van der Waals surface area (Å²) in [6.45, 7) is 9.00. The van der Waals surface area contributed by atoms with Gasteiger partial charge in [0.1, 0.15) is 0 Å². The molecule has 1 aromatic carbocycles. The Morgan fingerprint density at radius 2 is 1.76 bits per heavy atom. The minimum atomic E-state index is 0.718. The van der Waals surface area contributed by atoms with Crippen LogP contribution in [0.2, 0.25) is 0 Å². The summed E-state index contributed by atoms with van der Waals surface area (Å²) in [6.07, 6.45) is 8.95. The topological polar surface area (TPSA) is 0 Å². The molecule has 1 heterocycles. The summed E-state index contributed by atoms with van der Waals surface area (Å²) in [6, 6.07) is 11.0. The lowest BCUT2D eigenvalue weighted by Crippen LogP contribution is -2.06. The molecular formula is C20H28S. The van der Waals surface area contributed by atoms with E-state index < -0.39 is 0 Å². The number of hydrogen-bond acceptors (Lipinski definition) is 1. The zero-order valence-corrected chi connectivity index (χ0v) is 14.3. The molecule has 0 nitrogen and oxygen atoms in total. The molecular weight excluding hydrogens is 272 g/mol. The van der Waals surface area contributed by atoms with Crippen LogP contribution in [-0.4, -0.2) is 0 Å². The zero-order valence-electron chi connectivity index (χ0n) is 13.5. The van der Waals surface area contributed by atoms with Crippen LogP contribution in [-0.2, 0) is 6.42 Å². The quantitative estimate of drug-likeness (QED) is 0.437. The van der Waals surface area contributed by atoms with Crippen molar-refractivity contribution in [3.05, 3.63) is 47.4 Å². The van der Waals surface area contributed by atoms with Crippen LogP contribution < -0.4 is 0 Å². The number of rotatable bonds is 9. The van der Waals surface area contributed by atoms with E-state index in [9.17, 15) is 0 Å². The molecule has 114 valence electrons. The highest BCUT2D eigenvalue weighted by atomic mass is 32.1. The van der Waals surface area contributed by atoms with Crippen LogP contribution in [0.5, 0.6) is 0 Å². The summed E-state index contributed by atoms with van der Waals surface area (Å²) in [4.78, 5) is 1.47. The smallest absolute Gasteiger partial charge is 0.0345 e. The number of unbranched alkanes of at least 4 members (excludes halogenated alkanes) is 2. The Labute approximate surface area is 133 Å². The standard InChI is InChI=1S/C20H28S/c1-4-6-10-17(11-7-5-2)16(3)14-19-15-18-12-8-9-13-20(18)21-19/h8-9,12-13,15,17H,3-7,10-11,14H2,1-2H3. The lowest BCUT2D eigenvalue weighted by molar-refractivity contribution is 0.470. The SMILES string of the molecule is C=C(Cc1cc2ccccc2s1)C(CCCC)CCCC. The Balaban J connectivity index is 2.02. The first-order valence-electron chi connectivity index (χ1n) is 8.39. The van der Waals surface area contributed by atoms with Crippen molar-refractivity contribution < 1.29 is 0 Å². The van der Waals surface area contributed by atoms with Gasteiger partial charge in [-0.05, 0) is 36.3 Å². The van der Waals surface area contributed by atoms with Crippen LogP contribution in [0.1, 0.15) is 57.2 Å². The highest BCUT2D eigenvalue weighted by Crippen LogP contribution is 2.31. The van der Waals surface area contributed by atoms with E-state index in [1.54, 1.807) is 0 Å². The normalized spacial score (nSPS) is 11.4. The van der Waals surface area contributed by atoms with Crippen LogP contribution >= 0.6 is 11.3 Å². The zero-order chi connectivity index (χ0) is 15.1. The van der Waals surface area contributed by atoms with Gasteiger partial charge in [-0.2, -0.15) is 0 Å². The van der Waals surface area contributed by atoms with Gasteiger partial charge < -0.3 is 0 Å². The van der Waals surface area contributed by atoms with Crippen molar-refractivity contribution in [2.45, 2.75) is 58.8 Å². The van der Waals surface area contributed by atoms with Crippen molar-refractivity contribution >= 4 is 21.4 Å². The fraction of sp³-hybridized carbons (Fsp3) is 0.500. The number of hydrogen-bond donors (Lipinski definition) is 0. The molecule has 1 heteroatoms. The largest absolute Gasteiger partial charge is 0.140 e. The molecule has 0 atom stereocenters. The molecule has 0 N–H and O–H groups in total. The van der Waals surface area contributed by atoms with Crippen LogP contribution in [0.4, 0.5) is 0 Å². The molecule has 21 heavy (non-hydrogen) atoms. The first-order chi connectivity index (χ1) is 10.2. The van der Waals surface area contributed by atoms with E-state index in [0.717, 1.165) is 12.3 Å². The molecule has 0 bridgehead atoms. The summed E-state index contributed by atoms with van der Waals surface area (Å²) in [5, 5.41) is 1.38. The van der Waals surface area contributed by atoms with Gasteiger partial charge in [0, 0.05) is 16.0 Å². The minimum Gasteiger partial charge on any atom is -0.140 e. The fourth-order valence-electron chi connectivity index (χ4n) is 2.95. The van der Waals surface area contributed by atoms with E-state index in [1.165, 1.54) is 59.1 Å². The molecule has 0 amide bonds. The molecule has 0 aliphatic heterocycles. The predicted octanol–water partition coefficient (Wildman–Crippen LogP) is 7.00. The van der Waals surface area contributed by atoms with Crippen molar-refractivity contribution in [3.63, 3.8) is 0 Å². The number of allylic oxidation sites excluding steroid dienone is 1. The van der Waals surface area contributed by atoms with Crippen molar-refractivity contribution in [2.24, 2.45) is 5.92 Å². The summed E-state index contributed by atoms with van der Waals surface area (Å²) >= 11 is 1.93. The van der Waals surface area contributed by atoms with Crippen molar-refractivity contribution in [1.29, 1.82) is 0 Å². The molecule has 0 unspecified atom stereocenters. The molecule has 0 saturated heterocycles. The number of fused-ring (bicyclic) bond motifs is 1. The van der Waals surface area contributed by atoms with Crippen LogP contribution in [0.3, 0.4) is 0 Å². The molecule has 0 spiro atoms. The third-order valence-electron chi connectivity index (χ3n) is 4.27. The molecule has 0 saturated carbocycles. The maximum Gasteiger partial charge on any atom is 0.0345 e. The van der Waals surface area contributed by atoms with Gasteiger partial charge in [-0.15, -0.1) is 11.3 Å². The Morgan fingerprint density at radius 3 is 2.38 bits per heavy atom. The number of thiophene rings is 1. The Kier molecular flexibility index (Phi) is 6.50. The molecule has 2 rings (SSSR count). The highest BCUT2D eigenvalue weighted by molar-refractivity contribution is 7.19. The van der Waals surface area contributed by atoms with Gasteiger partial charge in [0.05, 0.1) is 0 Å². The summed E-state index contributed by atoms with van der Waals surface area (Å²) in [5.41, 5.74) is 1.45. The Hall–Kier alpha value is -1.08. The molecule has 0 aliphatic carbocycles. The van der Waals surface area contributed by atoms with Crippen molar-refractivity contribution in [1.82, 2.24) is 0 Å². The molecule has 2 aromatic rings. The van der Waals surface area contributed by atoms with Crippen molar-refractivity contribution in [2.75, 3.05) is 0 Å². The highest BCUT2D eigenvalue weighted by Gasteiger charge is 2.13. The second kappa shape index (κ2) is 8.38. The first kappa shape index (κ1) is 16.3. The van der Waals surface area contributed by atoms with Crippen LogP contribution in [0.15, 0.2) is 42.5 Å². The lowest BCUT2D eigenvalue weighted by atomic mass is 9.87. The van der Waals surface area contributed by atoms with E-state index in [-0.39, 0.29) is 0 Å². The fourth-order valence-corrected chi connectivity index (χ4v) is 4.06. The van der Waals surface area contributed by atoms with Gasteiger partial charge in [-0.25, -0.2) is 0 Å². The van der Waals surface area contributed by atoms with Crippen LogP contribution in [0, 0.1) is 5.92 Å². The molecule has 0 radical (unpaired) electrons. The van der Waals surface area contributed by atoms with E-state index >= 15 is 0 Å². The van der Waals surface area contributed by atoms with Gasteiger partial charge >= 0.3 is 0 Å². The maximum absolute atomic E-state index is 4.43. The maximum atomic E-state index is 4.43. The average molecular weight is 301 g/mol. The van der Waals surface area contributed by atoms with Crippen LogP contribution in [0.25, 0.3) is 10.1 Å². The minimum absolute atomic E-state index is 0.718. The first-order valence-corrected chi connectivity index (χ1v) is 9.21. The number of benzene rings is 1. The summed E-state index contributed by atoms with van der Waals surface area (Å²) in [5.74, 6) is 0.718. The second-order valence-electron chi connectivity index (χ2n) is 6.07. The van der Waals surface area contributed by atoms with Crippen molar-refractivity contribution in [3.8, 4) is 0 Å². The summed E-state index contributed by atoms with van der Waals surface area (Å²) < 4.78 is 1.40. The van der Waals surface area contributed by atoms with Gasteiger partial charge in [0.25, 0.3) is 0 Å². The van der Waals surface area contributed by atoms with E-state index in [1.807, 2.05) is 11.3 Å². The van der Waals surface area contributed by atoms with Gasteiger partial charge in [-0.3, -0.25) is 0 Å². The Morgan fingerprint density at radius 1 is 1.10 bits per heavy atom. The molecule has 0 aliphatic rings. The van der Waals surface area contributed by atoms with Gasteiger partial charge in [-0.1, -0.05) is 69.9 Å². The third kappa shape index (κ3) is 4.71. The lowest BCUT2D eigenvalue weighted by Gasteiger charge is -2.19. The molecule has 0 fully saturated rings. The van der Waals surface area contributed by atoms with E-state index in [0.29, 0.717) is 0 Å².